The Balaban J connectivity index is 2.11. The minimum absolute atomic E-state index is 0.0355. The number of benzene rings is 2. The summed E-state index contributed by atoms with van der Waals surface area (Å²) in [6.07, 6.45) is -8.80. The van der Waals surface area contributed by atoms with Crippen LogP contribution in [-0.2, 0) is 12.6 Å². The second kappa shape index (κ2) is 9.84. The van der Waals surface area contributed by atoms with Crippen molar-refractivity contribution in [2.24, 2.45) is 7.05 Å². The number of carbonyl (C=O) groups is 1. The lowest BCUT2D eigenvalue weighted by Gasteiger charge is -2.20. The highest BCUT2D eigenvalue weighted by atomic mass is 19.4. The molecule has 1 heterocycles. The van der Waals surface area contributed by atoms with Crippen molar-refractivity contribution in [2.75, 3.05) is 5.32 Å². The Morgan fingerprint density at radius 3 is 2.36 bits per heavy atom. The summed E-state index contributed by atoms with van der Waals surface area (Å²) in [5, 5.41) is 12.4. The average Bonchev–Trinajstić information content (AvgIpc) is 3.16. The maximum absolute atomic E-state index is 15.1. The zero-order chi connectivity index (χ0) is 27.0. The second-order valence-electron chi connectivity index (χ2n) is 8.59. The van der Waals surface area contributed by atoms with Crippen molar-refractivity contribution >= 4 is 11.6 Å². The molecule has 0 radical (unpaired) electrons. The van der Waals surface area contributed by atoms with Gasteiger partial charge in [-0.3, -0.25) is 4.79 Å². The van der Waals surface area contributed by atoms with Crippen molar-refractivity contribution in [3.05, 3.63) is 65.4 Å². The predicted octanol–water partition coefficient (Wildman–Crippen LogP) is 5.97. The second-order valence-corrected chi connectivity index (χ2v) is 8.59. The number of carbonyl (C=O) groups excluding carboxylic acids is 1. The predicted molar refractivity (Wildman–Crippen MR) is 119 cm³/mol. The Hall–Kier alpha value is -3.54. The number of imidazole rings is 1. The van der Waals surface area contributed by atoms with Gasteiger partial charge in [-0.15, -0.1) is 0 Å². The number of hydrogen-bond acceptors (Lipinski definition) is 4. The Morgan fingerprint density at radius 2 is 1.81 bits per heavy atom. The number of hydrogen-bond donors (Lipinski definition) is 2. The molecule has 2 aromatic carbocycles. The normalized spacial score (nSPS) is 13.1. The zero-order valence-corrected chi connectivity index (χ0v) is 19.6. The number of nitrogens with one attached hydrogen (secondary N) is 1. The summed E-state index contributed by atoms with van der Waals surface area (Å²) in [4.78, 5) is 17.1. The number of aliphatic hydroxyl groups is 1. The van der Waals surface area contributed by atoms with E-state index in [4.69, 9.17) is 4.74 Å². The van der Waals surface area contributed by atoms with Crippen molar-refractivity contribution in [1.82, 2.24) is 9.55 Å². The van der Waals surface area contributed by atoms with E-state index in [-0.39, 0.29) is 22.8 Å². The molecule has 0 spiro atoms. The maximum atomic E-state index is 15.1. The molecule has 2 N–H and O–H groups in total. The Morgan fingerprint density at radius 1 is 1.17 bits per heavy atom. The number of rotatable bonds is 7. The van der Waals surface area contributed by atoms with Crippen LogP contribution in [0.2, 0.25) is 0 Å². The summed E-state index contributed by atoms with van der Waals surface area (Å²) in [6.45, 7) is 3.59. The van der Waals surface area contributed by atoms with E-state index in [1.165, 1.54) is 49.9 Å². The number of aromatic nitrogens is 2. The van der Waals surface area contributed by atoms with Crippen LogP contribution >= 0.6 is 0 Å². The van der Waals surface area contributed by atoms with Crippen LogP contribution in [-0.4, -0.2) is 32.8 Å². The fraction of sp³-hybridized carbons (Fsp3) is 0.333. The average molecular weight is 515 g/mol. The lowest BCUT2D eigenvalue weighted by molar-refractivity contribution is -0.189. The molecule has 194 valence electrons. The van der Waals surface area contributed by atoms with Crippen molar-refractivity contribution in [1.29, 1.82) is 0 Å². The third kappa shape index (κ3) is 5.81. The molecular weight excluding hydrogens is 492 g/mol. The summed E-state index contributed by atoms with van der Waals surface area (Å²) in [7, 11) is 1.53. The van der Waals surface area contributed by atoms with Crippen LogP contribution in [0, 0.1) is 5.82 Å². The van der Waals surface area contributed by atoms with Gasteiger partial charge in [-0.1, -0.05) is 18.2 Å². The number of ether oxygens (including phenoxy) is 1. The van der Waals surface area contributed by atoms with E-state index in [1.807, 2.05) is 0 Å². The third-order valence-corrected chi connectivity index (χ3v) is 5.22. The summed E-state index contributed by atoms with van der Waals surface area (Å²) in [5.74, 6) is -2.68. The molecule has 0 unspecified atom stereocenters. The van der Waals surface area contributed by atoms with E-state index in [1.54, 1.807) is 0 Å². The molecule has 0 aliphatic rings. The minimum Gasteiger partial charge on any atom is -0.480 e. The SMILES string of the molecule is C[C@H](Oc1cc(-c2cn(C)c(C(C)(C)O)n2)c(F)cc1C(=O)Nc1ccccc1C(F)F)C(F)(F)F. The quantitative estimate of drug-likeness (QED) is 0.380. The van der Waals surface area contributed by atoms with Gasteiger partial charge in [-0.05, 0) is 39.0 Å². The third-order valence-electron chi connectivity index (χ3n) is 5.22. The number of aryl methyl sites for hydroxylation is 1. The first-order chi connectivity index (χ1) is 16.6. The van der Waals surface area contributed by atoms with Crippen molar-refractivity contribution in [3.63, 3.8) is 0 Å². The van der Waals surface area contributed by atoms with Gasteiger partial charge in [0.1, 0.15) is 23.0 Å². The number of nitrogens with zero attached hydrogens (tertiary/aromatic N) is 2. The highest BCUT2D eigenvalue weighted by Gasteiger charge is 2.39. The molecule has 3 rings (SSSR count). The summed E-state index contributed by atoms with van der Waals surface area (Å²) in [6, 6.07) is 6.45. The van der Waals surface area contributed by atoms with Gasteiger partial charge in [0.2, 0.25) is 0 Å². The van der Waals surface area contributed by atoms with Crippen LogP contribution in [0.25, 0.3) is 11.3 Å². The van der Waals surface area contributed by atoms with Gasteiger partial charge in [0, 0.05) is 30.1 Å². The molecule has 0 saturated carbocycles. The molecule has 0 aliphatic heterocycles. The van der Waals surface area contributed by atoms with E-state index in [2.05, 4.69) is 10.3 Å². The fourth-order valence-corrected chi connectivity index (χ4v) is 3.44. The van der Waals surface area contributed by atoms with Gasteiger partial charge < -0.3 is 19.7 Å². The van der Waals surface area contributed by atoms with Crippen molar-refractivity contribution in [3.8, 4) is 17.0 Å². The van der Waals surface area contributed by atoms with E-state index in [9.17, 15) is 31.9 Å². The van der Waals surface area contributed by atoms with Gasteiger partial charge in [0.15, 0.2) is 6.10 Å². The van der Waals surface area contributed by atoms with E-state index < -0.39 is 52.9 Å². The van der Waals surface area contributed by atoms with Crippen LogP contribution < -0.4 is 10.1 Å². The Labute approximate surface area is 202 Å². The maximum Gasteiger partial charge on any atom is 0.425 e. The summed E-state index contributed by atoms with van der Waals surface area (Å²) >= 11 is 0. The molecule has 36 heavy (non-hydrogen) atoms. The summed E-state index contributed by atoms with van der Waals surface area (Å²) in [5.41, 5.74) is -3.21. The van der Waals surface area contributed by atoms with Crippen LogP contribution in [0.15, 0.2) is 42.6 Å². The number of amides is 1. The standard InChI is InChI=1S/C24H23F6N3O3/c1-12(24(28,29)30)36-19-10-14(18-11-33(4)22(32-18)23(2,3)35)16(25)9-15(19)21(34)31-17-8-6-5-7-13(17)20(26)27/h5-12,20,35H,1-4H3,(H,31,34)/t12-/m0/s1. The molecule has 12 heteroatoms. The van der Waals surface area contributed by atoms with Gasteiger partial charge in [0.25, 0.3) is 12.3 Å². The molecule has 1 amide bonds. The first-order valence-electron chi connectivity index (χ1n) is 10.6. The smallest absolute Gasteiger partial charge is 0.425 e. The molecule has 0 saturated heterocycles. The Kier molecular flexibility index (Phi) is 7.40. The molecule has 0 fully saturated rings. The molecule has 0 bridgehead atoms. The van der Waals surface area contributed by atoms with Crippen molar-refractivity contribution in [2.45, 2.75) is 45.1 Å². The first-order valence-corrected chi connectivity index (χ1v) is 10.6. The highest BCUT2D eigenvalue weighted by Crippen LogP contribution is 2.35. The van der Waals surface area contributed by atoms with E-state index >= 15 is 4.39 Å². The minimum atomic E-state index is -4.82. The van der Waals surface area contributed by atoms with Crippen LogP contribution in [0.1, 0.15) is 48.9 Å². The van der Waals surface area contributed by atoms with Crippen LogP contribution in [0.4, 0.5) is 32.0 Å². The Bertz CT molecular complexity index is 1260. The molecule has 1 atom stereocenters. The number of alkyl halides is 5. The largest absolute Gasteiger partial charge is 0.480 e. The number of halogens is 6. The van der Waals surface area contributed by atoms with Gasteiger partial charge in [0.05, 0.1) is 11.3 Å². The van der Waals surface area contributed by atoms with E-state index in [0.29, 0.717) is 13.0 Å². The molecule has 3 aromatic rings. The van der Waals surface area contributed by atoms with Gasteiger partial charge in [-0.2, -0.15) is 13.2 Å². The fourth-order valence-electron chi connectivity index (χ4n) is 3.44. The van der Waals surface area contributed by atoms with Gasteiger partial charge >= 0.3 is 6.18 Å². The lowest BCUT2D eigenvalue weighted by atomic mass is 10.1. The zero-order valence-electron chi connectivity index (χ0n) is 19.6. The molecule has 0 aliphatic carbocycles. The van der Waals surface area contributed by atoms with Crippen LogP contribution in [0.3, 0.4) is 0 Å². The lowest BCUT2D eigenvalue weighted by Crippen LogP contribution is -2.32. The number of anilines is 1. The topological polar surface area (TPSA) is 76.4 Å². The van der Waals surface area contributed by atoms with E-state index in [0.717, 1.165) is 12.1 Å². The van der Waals surface area contributed by atoms with Crippen molar-refractivity contribution < 1.29 is 41.0 Å². The highest BCUT2D eigenvalue weighted by molar-refractivity contribution is 6.07. The summed E-state index contributed by atoms with van der Waals surface area (Å²) < 4.78 is 87.8. The molecule has 6 nitrogen and oxygen atoms in total. The molecule has 1 aromatic heterocycles. The monoisotopic (exact) mass is 515 g/mol. The number of para-hydroxylation sites is 1. The van der Waals surface area contributed by atoms with Gasteiger partial charge in [-0.25, -0.2) is 18.2 Å². The molecular formula is C24H23F6N3O3. The first kappa shape index (κ1) is 27.1. The van der Waals surface area contributed by atoms with Crippen LogP contribution in [0.5, 0.6) is 5.75 Å².